The number of aliphatic hydroxyl groups is 1. The van der Waals surface area contributed by atoms with E-state index in [1.165, 1.54) is 0 Å². The molecule has 0 unspecified atom stereocenters. The van der Waals surface area contributed by atoms with Crippen molar-refractivity contribution in [3.8, 4) is 11.5 Å². The normalized spacial score (nSPS) is 12.6. The molecule has 0 saturated carbocycles. The summed E-state index contributed by atoms with van der Waals surface area (Å²) in [5.74, 6) is 0.319. The molecule has 162 valence electrons. The molecule has 3 aromatic rings. The molecule has 0 bridgehead atoms. The van der Waals surface area contributed by atoms with E-state index >= 15 is 0 Å². The zero-order chi connectivity index (χ0) is 22.1. The lowest BCUT2D eigenvalue weighted by atomic mass is 10.0. The summed E-state index contributed by atoms with van der Waals surface area (Å²) in [4.78, 5) is 11.9. The third-order valence-electron chi connectivity index (χ3n) is 4.68. The average molecular weight is 421 g/mol. The molecule has 3 aromatic carbocycles. The minimum Gasteiger partial charge on any atom is -0.485 e. The van der Waals surface area contributed by atoms with Crippen LogP contribution in [0.3, 0.4) is 0 Å². The predicted octanol–water partition coefficient (Wildman–Crippen LogP) is 3.77. The van der Waals surface area contributed by atoms with Gasteiger partial charge in [-0.05, 0) is 35.7 Å². The van der Waals surface area contributed by atoms with Crippen molar-refractivity contribution in [2.75, 3.05) is 6.61 Å². The summed E-state index contributed by atoms with van der Waals surface area (Å²) in [5, 5.41) is 10.6. The second-order valence-corrected chi connectivity index (χ2v) is 6.98. The van der Waals surface area contributed by atoms with Crippen molar-refractivity contribution < 1.29 is 24.1 Å². The van der Waals surface area contributed by atoms with Gasteiger partial charge in [0.2, 0.25) is 0 Å². The number of benzene rings is 3. The summed E-state index contributed by atoms with van der Waals surface area (Å²) in [5.41, 5.74) is 8.32. The van der Waals surface area contributed by atoms with Crippen molar-refractivity contribution in [2.45, 2.75) is 32.3 Å². The highest BCUT2D eigenvalue weighted by Crippen LogP contribution is 2.33. The van der Waals surface area contributed by atoms with Crippen LogP contribution in [0, 0.1) is 0 Å². The van der Waals surface area contributed by atoms with Gasteiger partial charge in [-0.15, -0.1) is 0 Å². The Bertz CT molecular complexity index is 962. The van der Waals surface area contributed by atoms with E-state index < -0.39 is 18.1 Å². The van der Waals surface area contributed by atoms with Crippen LogP contribution in [0.5, 0.6) is 11.5 Å². The first-order valence-corrected chi connectivity index (χ1v) is 10.2. The van der Waals surface area contributed by atoms with E-state index in [0.29, 0.717) is 30.3 Å². The number of ether oxygens (including phenoxy) is 3. The Labute approximate surface area is 182 Å². The van der Waals surface area contributed by atoms with Crippen LogP contribution in [0.4, 0.5) is 0 Å². The fraction of sp³-hybridized carbons (Fsp3) is 0.240. The zero-order valence-corrected chi connectivity index (χ0v) is 17.4. The van der Waals surface area contributed by atoms with E-state index in [9.17, 15) is 9.90 Å². The predicted molar refractivity (Wildman–Crippen MR) is 118 cm³/mol. The van der Waals surface area contributed by atoms with Gasteiger partial charge >= 0.3 is 5.97 Å². The minimum absolute atomic E-state index is 0.191. The molecule has 0 saturated heterocycles. The first-order valence-electron chi connectivity index (χ1n) is 10.2. The Morgan fingerprint density at radius 3 is 1.97 bits per heavy atom. The van der Waals surface area contributed by atoms with Crippen molar-refractivity contribution in [3.63, 3.8) is 0 Å². The lowest BCUT2D eigenvalue weighted by molar-refractivity contribution is -0.147. The summed E-state index contributed by atoms with van der Waals surface area (Å²) in [6.07, 6.45) is -1.23. The molecule has 31 heavy (non-hydrogen) atoms. The van der Waals surface area contributed by atoms with Crippen molar-refractivity contribution >= 4 is 5.97 Å². The Morgan fingerprint density at radius 2 is 1.42 bits per heavy atom. The lowest BCUT2D eigenvalue weighted by Crippen LogP contribution is -2.38. The van der Waals surface area contributed by atoms with Gasteiger partial charge in [0.1, 0.15) is 25.4 Å². The fourth-order valence-corrected chi connectivity index (χ4v) is 2.99. The highest BCUT2D eigenvalue weighted by molar-refractivity contribution is 5.76. The summed E-state index contributed by atoms with van der Waals surface area (Å²) in [6.45, 7) is 2.57. The van der Waals surface area contributed by atoms with E-state index in [4.69, 9.17) is 19.9 Å². The molecule has 0 fully saturated rings. The second-order valence-electron chi connectivity index (χ2n) is 6.98. The molecule has 0 aliphatic heterocycles. The number of rotatable bonds is 10. The Balaban J connectivity index is 1.80. The molecule has 0 aliphatic rings. The van der Waals surface area contributed by atoms with Gasteiger partial charge in [-0.3, -0.25) is 4.79 Å². The SMILES string of the molecule is CCOC(=O)[C@H](N)[C@@H](O)c1ccc(OCc2ccccc2)c(OCc2ccccc2)c1. The van der Waals surface area contributed by atoms with Gasteiger partial charge in [0.15, 0.2) is 11.5 Å². The first-order chi connectivity index (χ1) is 15.1. The number of nitrogens with two attached hydrogens (primary N) is 1. The molecule has 2 atom stereocenters. The van der Waals surface area contributed by atoms with Crippen molar-refractivity contribution in [1.82, 2.24) is 0 Å². The van der Waals surface area contributed by atoms with Crippen LogP contribution >= 0.6 is 0 Å². The summed E-state index contributed by atoms with van der Waals surface area (Å²) in [6, 6.07) is 23.3. The molecule has 3 rings (SSSR count). The topological polar surface area (TPSA) is 91.0 Å². The van der Waals surface area contributed by atoms with Gasteiger partial charge in [-0.2, -0.15) is 0 Å². The Hall–Kier alpha value is -3.35. The molecule has 3 N–H and O–H groups in total. The van der Waals surface area contributed by atoms with Gasteiger partial charge in [0.25, 0.3) is 0 Å². The smallest absolute Gasteiger partial charge is 0.325 e. The molecule has 0 radical (unpaired) electrons. The van der Waals surface area contributed by atoms with Crippen LogP contribution in [-0.4, -0.2) is 23.7 Å². The summed E-state index contributed by atoms with van der Waals surface area (Å²) in [7, 11) is 0. The van der Waals surface area contributed by atoms with Crippen molar-refractivity contribution in [3.05, 3.63) is 95.6 Å². The van der Waals surface area contributed by atoms with Gasteiger partial charge in [0.05, 0.1) is 6.61 Å². The highest BCUT2D eigenvalue weighted by atomic mass is 16.5. The third kappa shape index (κ3) is 6.31. The first kappa shape index (κ1) is 22.3. The van der Waals surface area contributed by atoms with E-state index in [0.717, 1.165) is 11.1 Å². The molecular weight excluding hydrogens is 394 g/mol. The van der Waals surface area contributed by atoms with Crippen LogP contribution in [0.2, 0.25) is 0 Å². The minimum atomic E-state index is -1.23. The van der Waals surface area contributed by atoms with Crippen LogP contribution in [0.25, 0.3) is 0 Å². The van der Waals surface area contributed by atoms with Gasteiger partial charge in [-0.25, -0.2) is 0 Å². The van der Waals surface area contributed by atoms with Crippen LogP contribution < -0.4 is 15.2 Å². The van der Waals surface area contributed by atoms with E-state index in [1.54, 1.807) is 25.1 Å². The number of carbonyl (C=O) groups is 1. The van der Waals surface area contributed by atoms with Crippen LogP contribution in [0.1, 0.15) is 29.7 Å². The quantitative estimate of drug-likeness (QED) is 0.484. The molecular formula is C25H27NO5. The summed E-state index contributed by atoms with van der Waals surface area (Å²) >= 11 is 0. The number of esters is 1. The Kier molecular flexibility index (Phi) is 8.04. The molecule has 0 heterocycles. The number of aliphatic hydroxyl groups excluding tert-OH is 1. The number of hydrogen-bond donors (Lipinski definition) is 2. The largest absolute Gasteiger partial charge is 0.485 e. The van der Waals surface area contributed by atoms with Gasteiger partial charge < -0.3 is 25.1 Å². The molecule has 6 heteroatoms. The fourth-order valence-electron chi connectivity index (χ4n) is 2.99. The molecule has 0 aromatic heterocycles. The van der Waals surface area contributed by atoms with Crippen molar-refractivity contribution in [1.29, 1.82) is 0 Å². The van der Waals surface area contributed by atoms with Gasteiger partial charge in [0, 0.05) is 0 Å². The zero-order valence-electron chi connectivity index (χ0n) is 17.4. The lowest BCUT2D eigenvalue weighted by Gasteiger charge is -2.20. The van der Waals surface area contributed by atoms with Crippen LogP contribution in [0.15, 0.2) is 78.9 Å². The van der Waals surface area contributed by atoms with E-state index in [2.05, 4.69) is 0 Å². The highest BCUT2D eigenvalue weighted by Gasteiger charge is 2.26. The maximum Gasteiger partial charge on any atom is 0.325 e. The molecule has 0 aliphatic carbocycles. The summed E-state index contributed by atoms with van der Waals surface area (Å²) < 4.78 is 16.9. The van der Waals surface area contributed by atoms with E-state index in [-0.39, 0.29) is 6.61 Å². The Morgan fingerprint density at radius 1 is 0.871 bits per heavy atom. The van der Waals surface area contributed by atoms with Gasteiger partial charge in [-0.1, -0.05) is 66.7 Å². The van der Waals surface area contributed by atoms with E-state index in [1.807, 2.05) is 60.7 Å². The van der Waals surface area contributed by atoms with Crippen molar-refractivity contribution in [2.24, 2.45) is 5.73 Å². The van der Waals surface area contributed by atoms with Crippen LogP contribution in [-0.2, 0) is 22.7 Å². The second kappa shape index (κ2) is 11.2. The third-order valence-corrected chi connectivity index (χ3v) is 4.68. The molecule has 0 spiro atoms. The number of carbonyl (C=O) groups excluding carboxylic acids is 1. The molecule has 6 nitrogen and oxygen atoms in total. The molecule has 0 amide bonds. The standard InChI is InChI=1S/C25H27NO5/c1-2-29-25(28)23(26)24(27)20-13-14-21(30-16-18-9-5-3-6-10-18)22(15-20)31-17-19-11-7-4-8-12-19/h3-15,23-24,27H,2,16-17,26H2,1H3/t23-,24+/m1/s1. The maximum atomic E-state index is 11.9. The maximum absolute atomic E-state index is 11.9. The monoisotopic (exact) mass is 421 g/mol. The number of hydrogen-bond acceptors (Lipinski definition) is 6. The average Bonchev–Trinajstić information content (AvgIpc) is 2.82.